The molecule has 2 aliphatic heterocycles. The van der Waals surface area contributed by atoms with Gasteiger partial charge in [-0.05, 0) is 68.3 Å². The molecule has 5 heterocycles. The number of carbonyl (C=O) groups excluding carboxylic acids is 3. The summed E-state index contributed by atoms with van der Waals surface area (Å²) in [4.78, 5) is 65.0. The fraction of sp³-hybridized carbons (Fsp3) is 0.414. The van der Waals surface area contributed by atoms with Crippen molar-refractivity contribution in [3.05, 3.63) is 58.7 Å². The largest absolute Gasteiger partial charge is 0.399 e. The topological polar surface area (TPSA) is 178 Å². The van der Waals surface area contributed by atoms with Crippen LogP contribution < -0.4 is 10.6 Å². The number of alkyl halides is 2. The molecule has 2 saturated heterocycles. The van der Waals surface area contributed by atoms with E-state index in [4.69, 9.17) is 9.79 Å². The van der Waals surface area contributed by atoms with Crippen LogP contribution in [0.2, 0.25) is 0 Å². The smallest absolute Gasteiger partial charge is 0.346 e. The molecule has 0 radical (unpaired) electrons. The number of halogens is 2. The molecule has 6 rings (SSSR count). The van der Waals surface area contributed by atoms with Crippen LogP contribution >= 0.6 is 18.9 Å². The van der Waals surface area contributed by atoms with Crippen LogP contribution in [-0.2, 0) is 19.8 Å². The van der Waals surface area contributed by atoms with E-state index in [1.54, 1.807) is 17.2 Å². The highest BCUT2D eigenvalue weighted by Gasteiger charge is 2.50. The van der Waals surface area contributed by atoms with Gasteiger partial charge in [0.1, 0.15) is 12.1 Å². The number of amides is 3. The van der Waals surface area contributed by atoms with Crippen LogP contribution in [0, 0.1) is 0 Å². The second-order valence-corrected chi connectivity index (χ2v) is 14.2. The van der Waals surface area contributed by atoms with Crippen molar-refractivity contribution in [3.63, 3.8) is 0 Å². The van der Waals surface area contributed by atoms with Crippen LogP contribution in [0.4, 0.5) is 8.78 Å². The van der Waals surface area contributed by atoms with Crippen molar-refractivity contribution in [2.24, 2.45) is 0 Å². The first-order valence-corrected chi connectivity index (χ1v) is 17.0. The molecule has 3 amide bonds. The Balaban J connectivity index is 1.18. The molecule has 0 saturated carbocycles. The summed E-state index contributed by atoms with van der Waals surface area (Å²) in [5.41, 5.74) is -4.01. The first kappa shape index (κ1) is 31.2. The Hall–Kier alpha value is -3.78. The van der Waals surface area contributed by atoms with E-state index in [-0.39, 0.29) is 28.1 Å². The van der Waals surface area contributed by atoms with Crippen molar-refractivity contribution in [1.29, 1.82) is 0 Å². The molecule has 1 unspecified atom stereocenters. The van der Waals surface area contributed by atoms with Crippen molar-refractivity contribution in [2.45, 2.75) is 75.3 Å². The Bertz CT molecular complexity index is 1840. The molecule has 0 aliphatic carbocycles. The zero-order valence-electron chi connectivity index (χ0n) is 24.1. The normalized spacial score (nSPS) is 21.8. The molecule has 0 spiro atoms. The third-order valence-electron chi connectivity index (χ3n) is 8.55. The predicted molar refractivity (Wildman–Crippen MR) is 162 cm³/mol. The molecule has 2 aliphatic rings. The van der Waals surface area contributed by atoms with Gasteiger partial charge in [0.25, 0.3) is 5.91 Å². The summed E-state index contributed by atoms with van der Waals surface area (Å²) in [6.45, 7) is 1.82. The monoisotopic (exact) mass is 660 g/mol. The number of carbonyl (C=O) groups is 3. The van der Waals surface area contributed by atoms with E-state index in [9.17, 15) is 27.7 Å². The van der Waals surface area contributed by atoms with E-state index in [1.807, 2.05) is 13.0 Å². The SMILES string of the molecule is CC(NC(=O)[C@@H]1CC[C@@H]2CCCC[C@H](NC(=O)c3cc4cc(C(F)(F)P(=O)(O)O)ccc4s3)C(=O)N21)c1[nH]nc2ncccc12. The molecule has 238 valence electrons. The Labute approximate surface area is 259 Å². The molecule has 1 aromatic carbocycles. The van der Waals surface area contributed by atoms with E-state index in [2.05, 4.69) is 25.8 Å². The minimum absolute atomic E-state index is 0.140. The summed E-state index contributed by atoms with van der Waals surface area (Å²) in [5, 5.41) is 13.9. The van der Waals surface area contributed by atoms with Gasteiger partial charge in [-0.2, -0.15) is 13.9 Å². The van der Waals surface area contributed by atoms with Gasteiger partial charge < -0.3 is 25.3 Å². The summed E-state index contributed by atoms with van der Waals surface area (Å²) in [6.07, 6.45) is 5.41. The summed E-state index contributed by atoms with van der Waals surface area (Å²) in [7, 11) is -5.76. The maximum absolute atomic E-state index is 14.3. The number of hydrogen-bond donors (Lipinski definition) is 5. The van der Waals surface area contributed by atoms with Gasteiger partial charge in [0.05, 0.1) is 16.6 Å². The molecule has 16 heteroatoms. The summed E-state index contributed by atoms with van der Waals surface area (Å²) in [6, 6.07) is 5.96. The number of hydrogen-bond acceptors (Lipinski definition) is 7. The number of benzene rings is 1. The average Bonchev–Trinajstić information content (AvgIpc) is 3.73. The molecule has 0 bridgehead atoms. The Morgan fingerprint density at radius 1 is 1.16 bits per heavy atom. The molecule has 45 heavy (non-hydrogen) atoms. The standard InChI is InChI=1S/C29H31F2N6O6PS/c1-15(24-19-6-4-12-32-25(19)36-35-24)33-26(38)21-10-9-18-5-2-3-7-20(28(40)37(18)21)34-27(39)23-14-16-13-17(8-11-22(16)45-23)29(30,31)44(41,42)43/h4,6,8,11-15,18,20-21H,2-3,5,7,9-10H2,1H3,(H,33,38)(H,34,39)(H,32,35,36)(H2,41,42,43)/t15?,18-,20-,21-/m0/s1. The number of fused-ring (bicyclic) bond motifs is 3. The fourth-order valence-electron chi connectivity index (χ4n) is 6.24. The Kier molecular flexibility index (Phi) is 8.23. The Morgan fingerprint density at radius 3 is 2.71 bits per heavy atom. The number of aromatic amines is 1. The fourth-order valence-corrected chi connectivity index (χ4v) is 7.67. The lowest BCUT2D eigenvalue weighted by molar-refractivity contribution is -0.143. The quantitative estimate of drug-likeness (QED) is 0.182. The molecule has 2 fully saturated rings. The molecule has 3 aromatic heterocycles. The molecular weight excluding hydrogens is 629 g/mol. The van der Waals surface area contributed by atoms with E-state index in [1.165, 1.54) is 12.1 Å². The van der Waals surface area contributed by atoms with Crippen molar-refractivity contribution < 1.29 is 37.5 Å². The highest BCUT2D eigenvalue weighted by atomic mass is 32.1. The van der Waals surface area contributed by atoms with Crippen LogP contribution in [0.15, 0.2) is 42.6 Å². The third-order valence-corrected chi connectivity index (χ3v) is 10.7. The van der Waals surface area contributed by atoms with E-state index in [0.29, 0.717) is 41.7 Å². The second kappa shape index (κ2) is 11.9. The summed E-state index contributed by atoms with van der Waals surface area (Å²) in [5.74, 6) is -1.23. The minimum Gasteiger partial charge on any atom is -0.346 e. The molecular formula is C29H31F2N6O6PS. The molecule has 4 aromatic rings. The number of pyridine rings is 1. The van der Waals surface area contributed by atoms with Gasteiger partial charge >= 0.3 is 13.3 Å². The van der Waals surface area contributed by atoms with Gasteiger partial charge in [-0.15, -0.1) is 11.3 Å². The van der Waals surface area contributed by atoms with E-state index < -0.39 is 42.9 Å². The van der Waals surface area contributed by atoms with Crippen molar-refractivity contribution in [1.82, 2.24) is 30.7 Å². The number of aromatic nitrogens is 3. The number of thiophene rings is 1. The maximum atomic E-state index is 14.3. The van der Waals surface area contributed by atoms with E-state index in [0.717, 1.165) is 41.7 Å². The van der Waals surface area contributed by atoms with Crippen LogP contribution in [-0.4, -0.2) is 65.7 Å². The lowest BCUT2D eigenvalue weighted by Crippen LogP contribution is -2.56. The van der Waals surface area contributed by atoms with E-state index >= 15 is 0 Å². The zero-order chi connectivity index (χ0) is 32.1. The van der Waals surface area contributed by atoms with Gasteiger partial charge in [0, 0.05) is 27.9 Å². The van der Waals surface area contributed by atoms with Gasteiger partial charge in [0.15, 0.2) is 5.65 Å². The molecule has 12 nitrogen and oxygen atoms in total. The van der Waals surface area contributed by atoms with Gasteiger partial charge in [-0.1, -0.05) is 18.9 Å². The lowest BCUT2D eigenvalue weighted by atomic mass is 9.99. The number of nitrogens with zero attached hydrogens (tertiary/aromatic N) is 3. The lowest BCUT2D eigenvalue weighted by Gasteiger charge is -2.35. The highest BCUT2D eigenvalue weighted by molar-refractivity contribution is 7.52. The third kappa shape index (κ3) is 5.85. The maximum Gasteiger partial charge on any atom is 0.399 e. The average molecular weight is 661 g/mol. The van der Waals surface area contributed by atoms with Crippen LogP contribution in [0.5, 0.6) is 0 Å². The molecule has 5 N–H and O–H groups in total. The van der Waals surface area contributed by atoms with Gasteiger partial charge in [-0.3, -0.25) is 24.0 Å². The zero-order valence-corrected chi connectivity index (χ0v) is 25.8. The highest BCUT2D eigenvalue weighted by Crippen LogP contribution is 2.59. The first-order chi connectivity index (χ1) is 21.3. The summed E-state index contributed by atoms with van der Waals surface area (Å²) < 4.78 is 40.3. The minimum atomic E-state index is -5.76. The number of nitrogens with one attached hydrogen (secondary N) is 3. The van der Waals surface area contributed by atoms with Crippen LogP contribution in [0.25, 0.3) is 21.1 Å². The van der Waals surface area contributed by atoms with Gasteiger partial charge in [-0.25, -0.2) is 4.98 Å². The number of rotatable bonds is 7. The Morgan fingerprint density at radius 2 is 1.93 bits per heavy atom. The molecule has 4 atom stereocenters. The van der Waals surface area contributed by atoms with Gasteiger partial charge in [0.2, 0.25) is 11.8 Å². The van der Waals surface area contributed by atoms with Crippen LogP contribution in [0.3, 0.4) is 0 Å². The van der Waals surface area contributed by atoms with Crippen molar-refractivity contribution in [2.75, 3.05) is 0 Å². The first-order valence-electron chi connectivity index (χ1n) is 14.5. The predicted octanol–water partition coefficient (Wildman–Crippen LogP) is 4.31. The van der Waals surface area contributed by atoms with Crippen LogP contribution in [0.1, 0.15) is 72.4 Å². The number of H-pyrrole nitrogens is 1. The van der Waals surface area contributed by atoms with Crippen molar-refractivity contribution >= 4 is 57.8 Å². The second-order valence-electron chi connectivity index (χ2n) is 11.5. The van der Waals surface area contributed by atoms with Crippen molar-refractivity contribution in [3.8, 4) is 0 Å². The summed E-state index contributed by atoms with van der Waals surface area (Å²) >= 11 is 1.01.